The van der Waals surface area contributed by atoms with E-state index in [0.29, 0.717) is 11.5 Å². The van der Waals surface area contributed by atoms with E-state index in [1.165, 1.54) is 0 Å². The number of benzene rings is 3. The van der Waals surface area contributed by atoms with Crippen LogP contribution < -0.4 is 10.1 Å². The largest absolute Gasteiger partial charge is 0.457 e. The average molecular weight is 325 g/mol. The van der Waals surface area contributed by atoms with E-state index in [4.69, 9.17) is 4.74 Å². The third-order valence-electron chi connectivity index (χ3n) is 3.22. The summed E-state index contributed by atoms with van der Waals surface area (Å²) in [6, 6.07) is 18.5. The normalized spacial score (nSPS) is 10.2. The fraction of sp³-hybridized carbons (Fsp3) is 0. The van der Waals surface area contributed by atoms with Gasteiger partial charge in [-0.25, -0.2) is 8.78 Å². The number of ether oxygens (including phenoxy) is 1. The molecule has 0 unspecified atom stereocenters. The van der Waals surface area contributed by atoms with E-state index in [1.54, 1.807) is 36.4 Å². The molecule has 3 rings (SSSR count). The molecule has 0 atom stereocenters. The lowest BCUT2D eigenvalue weighted by Crippen LogP contribution is -2.13. The maximum absolute atomic E-state index is 13.2. The van der Waals surface area contributed by atoms with E-state index in [2.05, 4.69) is 5.32 Å². The Morgan fingerprint density at radius 1 is 0.833 bits per heavy atom. The zero-order valence-electron chi connectivity index (χ0n) is 12.5. The summed E-state index contributed by atoms with van der Waals surface area (Å²) < 4.78 is 32.2. The van der Waals surface area contributed by atoms with Crippen LogP contribution in [-0.4, -0.2) is 5.91 Å². The minimum absolute atomic E-state index is 0.0343. The van der Waals surface area contributed by atoms with E-state index >= 15 is 0 Å². The molecule has 0 aromatic heterocycles. The van der Waals surface area contributed by atoms with Crippen molar-refractivity contribution in [1.29, 1.82) is 0 Å². The monoisotopic (exact) mass is 325 g/mol. The van der Waals surface area contributed by atoms with Crippen molar-refractivity contribution in [2.45, 2.75) is 0 Å². The molecule has 0 aliphatic heterocycles. The Kier molecular flexibility index (Phi) is 4.52. The Labute approximate surface area is 137 Å². The number of carbonyl (C=O) groups is 1. The van der Waals surface area contributed by atoms with Crippen molar-refractivity contribution in [3.8, 4) is 11.5 Å². The molecule has 0 spiro atoms. The van der Waals surface area contributed by atoms with Gasteiger partial charge in [-0.2, -0.15) is 0 Å². The van der Waals surface area contributed by atoms with Crippen LogP contribution in [0.3, 0.4) is 0 Å². The second-order valence-corrected chi connectivity index (χ2v) is 5.02. The number of amides is 1. The first-order chi connectivity index (χ1) is 11.6. The minimum atomic E-state index is -0.765. The fourth-order valence-electron chi connectivity index (χ4n) is 2.18. The van der Waals surface area contributed by atoms with Gasteiger partial charge in [-0.15, -0.1) is 0 Å². The van der Waals surface area contributed by atoms with Crippen LogP contribution >= 0.6 is 0 Å². The smallest absolute Gasteiger partial charge is 0.259 e. The van der Waals surface area contributed by atoms with Crippen molar-refractivity contribution < 1.29 is 18.3 Å². The molecule has 0 fully saturated rings. The molecule has 1 N–H and O–H groups in total. The zero-order valence-corrected chi connectivity index (χ0v) is 12.5. The molecule has 0 bridgehead atoms. The highest BCUT2D eigenvalue weighted by molar-refractivity contribution is 6.06. The van der Waals surface area contributed by atoms with Crippen LogP contribution in [0, 0.1) is 11.6 Å². The molecule has 120 valence electrons. The molecule has 1 amide bonds. The number of para-hydroxylation sites is 2. The summed E-state index contributed by atoms with van der Waals surface area (Å²) in [4.78, 5) is 12.4. The van der Waals surface area contributed by atoms with E-state index in [1.807, 2.05) is 18.2 Å². The van der Waals surface area contributed by atoms with Crippen LogP contribution in [0.15, 0.2) is 72.8 Å². The molecule has 0 saturated carbocycles. The number of halogens is 2. The predicted octanol–water partition coefficient (Wildman–Crippen LogP) is 5.01. The van der Waals surface area contributed by atoms with Crippen molar-refractivity contribution in [1.82, 2.24) is 0 Å². The summed E-state index contributed by atoms with van der Waals surface area (Å²) in [5, 5.41) is 2.47. The number of carbonyl (C=O) groups excluding carboxylic acids is 1. The van der Waals surface area contributed by atoms with Crippen LogP contribution in [0.2, 0.25) is 0 Å². The van der Waals surface area contributed by atoms with Crippen molar-refractivity contribution >= 4 is 11.6 Å². The Morgan fingerprint density at radius 3 is 2.17 bits per heavy atom. The third-order valence-corrected chi connectivity index (χ3v) is 3.22. The predicted molar refractivity (Wildman–Crippen MR) is 87.3 cm³/mol. The first kappa shape index (κ1) is 15.7. The number of nitrogens with one attached hydrogen (secondary N) is 1. The standard InChI is InChI=1S/C19H13F2NO2/c20-13-10-14(21)12-15(11-13)22-19(23)17-8-4-5-9-18(17)24-16-6-2-1-3-7-16/h1-12H,(H,22,23). The number of anilines is 1. The molecular weight excluding hydrogens is 312 g/mol. The topological polar surface area (TPSA) is 38.3 Å². The van der Waals surface area contributed by atoms with Gasteiger partial charge in [-0.05, 0) is 36.4 Å². The van der Waals surface area contributed by atoms with E-state index in [9.17, 15) is 13.6 Å². The summed E-state index contributed by atoms with van der Waals surface area (Å²) in [6.45, 7) is 0. The molecule has 0 radical (unpaired) electrons. The minimum Gasteiger partial charge on any atom is -0.457 e. The van der Waals surface area contributed by atoms with Crippen molar-refractivity contribution in [3.63, 3.8) is 0 Å². The highest BCUT2D eigenvalue weighted by Crippen LogP contribution is 2.26. The highest BCUT2D eigenvalue weighted by Gasteiger charge is 2.14. The summed E-state index contributed by atoms with van der Waals surface area (Å²) in [5.41, 5.74) is 0.290. The first-order valence-corrected chi connectivity index (χ1v) is 7.21. The molecule has 3 aromatic rings. The number of rotatable bonds is 4. The molecule has 0 aliphatic rings. The van der Waals surface area contributed by atoms with E-state index in [-0.39, 0.29) is 11.3 Å². The number of hydrogen-bond acceptors (Lipinski definition) is 2. The molecule has 3 aromatic carbocycles. The third kappa shape index (κ3) is 3.76. The van der Waals surface area contributed by atoms with Gasteiger partial charge in [-0.1, -0.05) is 30.3 Å². The van der Waals surface area contributed by atoms with Gasteiger partial charge in [0, 0.05) is 11.8 Å². The molecule has 5 heteroatoms. The Bertz CT molecular complexity index is 846. The van der Waals surface area contributed by atoms with Crippen molar-refractivity contribution in [3.05, 3.63) is 90.0 Å². The van der Waals surface area contributed by atoms with Crippen LogP contribution in [-0.2, 0) is 0 Å². The summed E-state index contributed by atoms with van der Waals surface area (Å²) >= 11 is 0. The summed E-state index contributed by atoms with van der Waals surface area (Å²) in [7, 11) is 0. The molecule has 0 aliphatic carbocycles. The SMILES string of the molecule is O=C(Nc1cc(F)cc(F)c1)c1ccccc1Oc1ccccc1. The first-order valence-electron chi connectivity index (χ1n) is 7.21. The van der Waals surface area contributed by atoms with Gasteiger partial charge in [-0.3, -0.25) is 4.79 Å². The van der Waals surface area contributed by atoms with Crippen LogP contribution in [0.5, 0.6) is 11.5 Å². The molecular formula is C19H13F2NO2. The lowest BCUT2D eigenvalue weighted by molar-refractivity contribution is 0.102. The van der Waals surface area contributed by atoms with Crippen LogP contribution in [0.1, 0.15) is 10.4 Å². The van der Waals surface area contributed by atoms with Gasteiger partial charge in [0.1, 0.15) is 23.1 Å². The molecule has 3 nitrogen and oxygen atoms in total. The molecule has 24 heavy (non-hydrogen) atoms. The zero-order chi connectivity index (χ0) is 16.9. The van der Waals surface area contributed by atoms with Crippen molar-refractivity contribution in [2.24, 2.45) is 0 Å². The van der Waals surface area contributed by atoms with Crippen molar-refractivity contribution in [2.75, 3.05) is 5.32 Å². The van der Waals surface area contributed by atoms with Crippen LogP contribution in [0.25, 0.3) is 0 Å². The maximum Gasteiger partial charge on any atom is 0.259 e. The second kappa shape index (κ2) is 6.91. The van der Waals surface area contributed by atoms with Gasteiger partial charge >= 0.3 is 0 Å². The van der Waals surface area contributed by atoms with Gasteiger partial charge in [0.2, 0.25) is 0 Å². The van der Waals surface area contributed by atoms with Gasteiger partial charge < -0.3 is 10.1 Å². The summed E-state index contributed by atoms with van der Waals surface area (Å²) in [6.07, 6.45) is 0. The van der Waals surface area contributed by atoms with Gasteiger partial charge in [0.05, 0.1) is 5.56 Å². The Balaban J connectivity index is 1.85. The highest BCUT2D eigenvalue weighted by atomic mass is 19.1. The quantitative estimate of drug-likeness (QED) is 0.732. The van der Waals surface area contributed by atoms with E-state index < -0.39 is 17.5 Å². The lowest BCUT2D eigenvalue weighted by Gasteiger charge is -2.11. The maximum atomic E-state index is 13.2. The molecule has 0 saturated heterocycles. The average Bonchev–Trinajstić information content (AvgIpc) is 2.55. The van der Waals surface area contributed by atoms with Crippen LogP contribution in [0.4, 0.5) is 14.5 Å². The molecule has 0 heterocycles. The van der Waals surface area contributed by atoms with Gasteiger partial charge in [0.15, 0.2) is 0 Å². The Hall–Kier alpha value is -3.21. The van der Waals surface area contributed by atoms with Gasteiger partial charge in [0.25, 0.3) is 5.91 Å². The second-order valence-electron chi connectivity index (χ2n) is 5.02. The van der Waals surface area contributed by atoms with E-state index in [0.717, 1.165) is 18.2 Å². The summed E-state index contributed by atoms with van der Waals surface area (Å²) in [5.74, 6) is -1.13. The number of hydrogen-bond donors (Lipinski definition) is 1. The Morgan fingerprint density at radius 2 is 1.46 bits per heavy atom. The lowest BCUT2D eigenvalue weighted by atomic mass is 10.1. The fourth-order valence-corrected chi connectivity index (χ4v) is 2.18.